The summed E-state index contributed by atoms with van der Waals surface area (Å²) in [7, 11) is 0. The quantitative estimate of drug-likeness (QED) is 0.351. The van der Waals surface area contributed by atoms with Gasteiger partial charge in [-0.05, 0) is 10.9 Å². The molecule has 0 amide bonds. The van der Waals surface area contributed by atoms with Crippen LogP contribution in [-0.2, 0) is 19.2 Å². The maximum Gasteiger partial charge on any atom is 0.360 e. The van der Waals surface area contributed by atoms with E-state index in [1.165, 1.54) is 0 Å². The molecule has 0 aromatic carbocycles. The largest absolute Gasteiger partial charge is 0.360 e. The molecule has 0 aromatic rings. The molecule has 2 unspecified atom stereocenters. The van der Waals surface area contributed by atoms with Crippen LogP contribution in [-0.4, -0.2) is 31.7 Å². The second kappa shape index (κ2) is 7.27. The van der Waals surface area contributed by atoms with Crippen LogP contribution in [0.5, 0.6) is 0 Å². The number of alkyl halides is 5. The Morgan fingerprint density at radius 3 is 2.00 bits per heavy atom. The first-order valence-electron chi connectivity index (χ1n) is 5.13. The van der Waals surface area contributed by atoms with E-state index in [1.807, 2.05) is 0 Å². The molecular formula is C9H14F6O4. The summed E-state index contributed by atoms with van der Waals surface area (Å²) in [5, 5.41) is 0. The first-order valence-corrected chi connectivity index (χ1v) is 5.13. The van der Waals surface area contributed by atoms with E-state index in [-0.39, 0.29) is 0 Å². The molecule has 10 heteroatoms. The van der Waals surface area contributed by atoms with Gasteiger partial charge in [-0.15, -0.1) is 4.94 Å². The van der Waals surface area contributed by atoms with Crippen LogP contribution < -0.4 is 0 Å². The highest BCUT2D eigenvalue weighted by Gasteiger charge is 2.42. The molecule has 0 spiro atoms. The Hall–Kier alpha value is -0.580. The van der Waals surface area contributed by atoms with Crippen molar-refractivity contribution in [2.45, 2.75) is 44.9 Å². The normalized spacial score (nSPS) is 18.9. The predicted octanol–water partition coefficient (Wildman–Crippen LogP) is 3.52. The van der Waals surface area contributed by atoms with Gasteiger partial charge >= 0.3 is 18.2 Å². The van der Waals surface area contributed by atoms with Gasteiger partial charge in [0.05, 0.1) is 6.61 Å². The lowest BCUT2D eigenvalue weighted by Gasteiger charge is -2.24. The highest BCUT2D eigenvalue weighted by atomic mass is 19.3. The number of ether oxygens (including phenoxy) is 3. The average molecular weight is 300 g/mol. The van der Waals surface area contributed by atoms with Gasteiger partial charge in [0, 0.05) is 20.3 Å². The van der Waals surface area contributed by atoms with E-state index in [2.05, 4.69) is 19.2 Å². The minimum absolute atomic E-state index is 0.297. The van der Waals surface area contributed by atoms with Crippen LogP contribution in [0, 0.1) is 0 Å². The Kier molecular flexibility index (Phi) is 7.05. The molecular weight excluding hydrogens is 286 g/mol. The van der Waals surface area contributed by atoms with E-state index in [9.17, 15) is 26.5 Å². The predicted molar refractivity (Wildman–Crippen MR) is 49.5 cm³/mol. The Morgan fingerprint density at radius 1 is 0.947 bits per heavy atom. The molecule has 0 aliphatic heterocycles. The lowest BCUT2D eigenvalue weighted by Crippen LogP contribution is -2.35. The van der Waals surface area contributed by atoms with E-state index in [0.717, 1.165) is 6.92 Å². The number of rotatable bonds is 10. The highest BCUT2D eigenvalue weighted by Crippen LogP contribution is 2.30. The first-order chi connectivity index (χ1) is 8.54. The van der Waals surface area contributed by atoms with Crippen molar-refractivity contribution >= 4 is 0 Å². The molecule has 0 saturated carbocycles. The molecule has 0 bridgehead atoms. The minimum atomic E-state index is -4.05. The molecule has 0 saturated heterocycles. The maximum atomic E-state index is 13.0. The average Bonchev–Trinajstić information content (AvgIpc) is 2.23. The Labute approximate surface area is 105 Å². The SMILES string of the molecule is CC(F)(OCF)OCCCC(F)(F)OC(C)(F)OF. The molecule has 0 aliphatic carbocycles. The van der Waals surface area contributed by atoms with Crippen molar-refractivity contribution in [3.8, 4) is 0 Å². The van der Waals surface area contributed by atoms with Gasteiger partial charge in [0.15, 0.2) is 6.86 Å². The second-order valence-corrected chi connectivity index (χ2v) is 3.69. The van der Waals surface area contributed by atoms with E-state index >= 15 is 0 Å². The van der Waals surface area contributed by atoms with Crippen molar-refractivity contribution < 1.29 is 45.6 Å². The van der Waals surface area contributed by atoms with E-state index in [0.29, 0.717) is 6.92 Å². The van der Waals surface area contributed by atoms with Gasteiger partial charge in [0.2, 0.25) is 0 Å². The minimum Gasteiger partial charge on any atom is -0.324 e. The van der Waals surface area contributed by atoms with Crippen LogP contribution in [0.1, 0.15) is 26.7 Å². The summed E-state index contributed by atoms with van der Waals surface area (Å²) in [6.07, 6.45) is -5.63. The molecule has 0 aromatic heterocycles. The van der Waals surface area contributed by atoms with Crippen molar-refractivity contribution in [1.29, 1.82) is 0 Å². The molecule has 0 radical (unpaired) electrons. The molecule has 4 nitrogen and oxygen atoms in total. The number of hydrogen-bond acceptors (Lipinski definition) is 4. The van der Waals surface area contributed by atoms with Crippen molar-refractivity contribution in [3.63, 3.8) is 0 Å². The summed E-state index contributed by atoms with van der Waals surface area (Å²) >= 11 is 0. The maximum absolute atomic E-state index is 13.0. The zero-order valence-electron chi connectivity index (χ0n) is 10.2. The third-order valence-corrected chi connectivity index (χ3v) is 1.75. The van der Waals surface area contributed by atoms with Gasteiger partial charge in [-0.2, -0.15) is 17.6 Å². The van der Waals surface area contributed by atoms with Crippen molar-refractivity contribution in [1.82, 2.24) is 0 Å². The zero-order valence-corrected chi connectivity index (χ0v) is 10.2. The Morgan fingerprint density at radius 2 is 1.53 bits per heavy atom. The van der Waals surface area contributed by atoms with Crippen molar-refractivity contribution in [3.05, 3.63) is 0 Å². The molecule has 19 heavy (non-hydrogen) atoms. The Balaban J connectivity index is 3.99. The summed E-state index contributed by atoms with van der Waals surface area (Å²) in [6.45, 7) is -1.01. The first kappa shape index (κ1) is 18.4. The monoisotopic (exact) mass is 300 g/mol. The van der Waals surface area contributed by atoms with E-state index in [4.69, 9.17) is 0 Å². The van der Waals surface area contributed by atoms with E-state index < -0.39 is 44.5 Å². The van der Waals surface area contributed by atoms with Crippen LogP contribution in [0.4, 0.5) is 26.5 Å². The van der Waals surface area contributed by atoms with Crippen LogP contribution in [0.3, 0.4) is 0 Å². The van der Waals surface area contributed by atoms with Crippen molar-refractivity contribution in [2.75, 3.05) is 13.5 Å². The third-order valence-electron chi connectivity index (χ3n) is 1.75. The van der Waals surface area contributed by atoms with Gasteiger partial charge in [0.1, 0.15) is 0 Å². The third kappa shape index (κ3) is 9.03. The van der Waals surface area contributed by atoms with Crippen LogP contribution in [0.15, 0.2) is 0 Å². The zero-order chi connectivity index (χ0) is 15.2. The van der Waals surface area contributed by atoms with E-state index in [1.54, 1.807) is 0 Å². The van der Waals surface area contributed by atoms with Crippen LogP contribution >= 0.6 is 0 Å². The fraction of sp³-hybridized carbons (Fsp3) is 1.00. The molecule has 2 atom stereocenters. The molecule has 0 rings (SSSR count). The smallest absolute Gasteiger partial charge is 0.324 e. The summed E-state index contributed by atoms with van der Waals surface area (Å²) in [5.41, 5.74) is 0. The standard InChI is InChI=1S/C9H14F6O4/c1-7(11,17-6-10)16-5-3-4-9(13,14)18-8(2,12)19-15/h3-6H2,1-2H3. The number of hydrogen-bond donors (Lipinski definition) is 0. The fourth-order valence-corrected chi connectivity index (χ4v) is 1.01. The summed E-state index contributed by atoms with van der Waals surface area (Å²) < 4.78 is 86.2. The summed E-state index contributed by atoms with van der Waals surface area (Å²) in [5.74, 6) is 0. The fourth-order valence-electron chi connectivity index (χ4n) is 1.01. The lowest BCUT2D eigenvalue weighted by atomic mass is 10.3. The summed E-state index contributed by atoms with van der Waals surface area (Å²) in [4.78, 5) is 2.54. The van der Waals surface area contributed by atoms with Crippen molar-refractivity contribution in [2.24, 2.45) is 0 Å². The summed E-state index contributed by atoms with van der Waals surface area (Å²) in [6, 6.07) is -6.36. The molecule has 0 fully saturated rings. The van der Waals surface area contributed by atoms with Gasteiger partial charge in [0.25, 0.3) is 0 Å². The van der Waals surface area contributed by atoms with Crippen LogP contribution in [0.25, 0.3) is 0 Å². The van der Waals surface area contributed by atoms with Gasteiger partial charge in [-0.3, -0.25) is 9.47 Å². The molecule has 116 valence electrons. The highest BCUT2D eigenvalue weighted by molar-refractivity contribution is 4.57. The van der Waals surface area contributed by atoms with Gasteiger partial charge in [-0.1, -0.05) is 0 Å². The lowest BCUT2D eigenvalue weighted by molar-refractivity contribution is -0.460. The number of halogens is 6. The Bertz CT molecular complexity index is 261. The topological polar surface area (TPSA) is 36.9 Å². The van der Waals surface area contributed by atoms with Crippen LogP contribution in [0.2, 0.25) is 0 Å². The molecule has 0 aliphatic rings. The van der Waals surface area contributed by atoms with Gasteiger partial charge in [-0.25, -0.2) is 4.39 Å². The molecule has 0 N–H and O–H groups in total. The second-order valence-electron chi connectivity index (χ2n) is 3.69. The van der Waals surface area contributed by atoms with Gasteiger partial charge < -0.3 is 4.74 Å². The molecule has 0 heterocycles.